The molecule has 2 N–H and O–H groups in total. The Labute approximate surface area is 103 Å². The van der Waals surface area contributed by atoms with Crippen molar-refractivity contribution in [2.45, 2.75) is 25.3 Å². The van der Waals surface area contributed by atoms with Gasteiger partial charge in [0.05, 0.1) is 16.4 Å². The van der Waals surface area contributed by atoms with E-state index in [1.807, 2.05) is 0 Å². The maximum atomic E-state index is 13.3. The Morgan fingerprint density at radius 2 is 2.06 bits per heavy atom. The van der Waals surface area contributed by atoms with Crippen LogP contribution in [-0.4, -0.2) is 11.9 Å². The van der Waals surface area contributed by atoms with Crippen LogP contribution < -0.4 is 10.6 Å². The Morgan fingerprint density at radius 1 is 1.29 bits per heavy atom. The minimum absolute atomic E-state index is 0.0712. The molecule has 0 saturated heterocycles. The molecule has 0 radical (unpaired) electrons. The second-order valence-corrected chi connectivity index (χ2v) is 5.06. The van der Waals surface area contributed by atoms with Crippen molar-refractivity contribution in [2.24, 2.45) is 5.92 Å². The SMILES string of the molecule is O=C1CC(C2CC2)Nc2cc(Cl)c(F)cc2N1. The highest BCUT2D eigenvalue weighted by molar-refractivity contribution is 6.31. The second kappa shape index (κ2) is 3.88. The molecule has 1 amide bonds. The summed E-state index contributed by atoms with van der Waals surface area (Å²) in [6.45, 7) is 0. The van der Waals surface area contributed by atoms with Crippen LogP contribution in [0.15, 0.2) is 12.1 Å². The molecule has 1 aromatic carbocycles. The number of anilines is 2. The number of hydrogen-bond acceptors (Lipinski definition) is 2. The summed E-state index contributed by atoms with van der Waals surface area (Å²) in [5, 5.41) is 6.06. The van der Waals surface area contributed by atoms with Crippen LogP contribution in [0.5, 0.6) is 0 Å². The summed E-state index contributed by atoms with van der Waals surface area (Å²) in [4.78, 5) is 11.7. The fraction of sp³-hybridized carbons (Fsp3) is 0.417. The molecule has 1 fully saturated rings. The van der Waals surface area contributed by atoms with E-state index >= 15 is 0 Å². The van der Waals surface area contributed by atoms with Crippen LogP contribution in [0.3, 0.4) is 0 Å². The van der Waals surface area contributed by atoms with Gasteiger partial charge in [0.15, 0.2) is 0 Å². The van der Waals surface area contributed by atoms with E-state index in [4.69, 9.17) is 11.6 Å². The lowest BCUT2D eigenvalue weighted by Gasteiger charge is -2.16. The van der Waals surface area contributed by atoms with Crippen LogP contribution in [0.25, 0.3) is 0 Å². The molecule has 3 rings (SSSR count). The van der Waals surface area contributed by atoms with Crippen molar-refractivity contribution < 1.29 is 9.18 Å². The number of hydrogen-bond donors (Lipinski definition) is 2. The number of amides is 1. The van der Waals surface area contributed by atoms with Crippen molar-refractivity contribution >= 4 is 28.9 Å². The van der Waals surface area contributed by atoms with E-state index in [-0.39, 0.29) is 17.0 Å². The van der Waals surface area contributed by atoms with Crippen LogP contribution in [0.1, 0.15) is 19.3 Å². The third kappa shape index (κ3) is 2.09. The van der Waals surface area contributed by atoms with Gasteiger partial charge in [0.1, 0.15) is 5.82 Å². The first kappa shape index (κ1) is 10.8. The number of fused-ring (bicyclic) bond motifs is 1. The summed E-state index contributed by atoms with van der Waals surface area (Å²) in [6.07, 6.45) is 2.73. The molecule has 17 heavy (non-hydrogen) atoms. The summed E-state index contributed by atoms with van der Waals surface area (Å²) < 4.78 is 13.3. The number of nitrogens with one attached hydrogen (secondary N) is 2. The summed E-state index contributed by atoms with van der Waals surface area (Å²) in [5.41, 5.74) is 1.18. The summed E-state index contributed by atoms with van der Waals surface area (Å²) in [7, 11) is 0. The molecule has 1 aliphatic carbocycles. The van der Waals surface area contributed by atoms with Crippen molar-refractivity contribution in [1.82, 2.24) is 0 Å². The van der Waals surface area contributed by atoms with Crippen molar-refractivity contribution in [3.63, 3.8) is 0 Å². The standard InChI is InChI=1S/C12H12ClFN2O/c13-7-3-10-11(4-8(7)14)16-12(17)5-9(15-10)6-1-2-6/h3-4,6,9,15H,1-2,5H2,(H,16,17). The van der Waals surface area contributed by atoms with Gasteiger partial charge in [-0.25, -0.2) is 4.39 Å². The molecular weight excluding hydrogens is 243 g/mol. The van der Waals surface area contributed by atoms with E-state index < -0.39 is 5.82 Å². The lowest BCUT2D eigenvalue weighted by Crippen LogP contribution is -2.24. The van der Waals surface area contributed by atoms with Crippen LogP contribution in [0, 0.1) is 11.7 Å². The summed E-state index contributed by atoms with van der Waals surface area (Å²) >= 11 is 5.75. The molecule has 3 nitrogen and oxygen atoms in total. The van der Waals surface area contributed by atoms with Crippen LogP contribution in [0.2, 0.25) is 5.02 Å². The molecule has 2 aliphatic rings. The fourth-order valence-electron chi connectivity index (χ4n) is 2.20. The highest BCUT2D eigenvalue weighted by Crippen LogP contribution is 2.39. The predicted molar refractivity (Wildman–Crippen MR) is 64.8 cm³/mol. The molecule has 1 aliphatic heterocycles. The number of carbonyl (C=O) groups is 1. The Balaban J connectivity index is 1.98. The van der Waals surface area contributed by atoms with Gasteiger partial charge in [0.2, 0.25) is 5.91 Å². The first-order valence-electron chi connectivity index (χ1n) is 5.69. The van der Waals surface area contributed by atoms with Crippen molar-refractivity contribution in [1.29, 1.82) is 0 Å². The van der Waals surface area contributed by atoms with Gasteiger partial charge in [-0.15, -0.1) is 0 Å². The van der Waals surface area contributed by atoms with Gasteiger partial charge in [-0.2, -0.15) is 0 Å². The zero-order valence-electron chi connectivity index (χ0n) is 9.09. The molecule has 90 valence electrons. The fourth-order valence-corrected chi connectivity index (χ4v) is 2.37. The zero-order valence-corrected chi connectivity index (χ0v) is 9.85. The molecule has 1 heterocycles. The maximum Gasteiger partial charge on any atom is 0.226 e. The normalized spacial score (nSPS) is 23.4. The monoisotopic (exact) mass is 254 g/mol. The minimum Gasteiger partial charge on any atom is -0.380 e. The van der Waals surface area contributed by atoms with E-state index in [0.717, 1.165) is 12.8 Å². The van der Waals surface area contributed by atoms with E-state index in [1.165, 1.54) is 12.1 Å². The number of halogens is 2. The molecular formula is C12H12ClFN2O. The molecule has 1 unspecified atom stereocenters. The van der Waals surface area contributed by atoms with E-state index in [9.17, 15) is 9.18 Å². The largest absolute Gasteiger partial charge is 0.380 e. The smallest absolute Gasteiger partial charge is 0.226 e. The molecule has 1 saturated carbocycles. The minimum atomic E-state index is -0.516. The van der Waals surface area contributed by atoms with Gasteiger partial charge >= 0.3 is 0 Å². The van der Waals surface area contributed by atoms with Gasteiger partial charge < -0.3 is 10.6 Å². The second-order valence-electron chi connectivity index (χ2n) is 4.65. The van der Waals surface area contributed by atoms with Crippen molar-refractivity contribution in [3.05, 3.63) is 23.0 Å². The molecule has 5 heteroatoms. The van der Waals surface area contributed by atoms with Crippen LogP contribution >= 0.6 is 11.6 Å². The number of carbonyl (C=O) groups excluding carboxylic acids is 1. The Kier molecular flexibility index (Phi) is 2.47. The van der Waals surface area contributed by atoms with E-state index in [0.29, 0.717) is 23.7 Å². The molecule has 0 spiro atoms. The number of benzene rings is 1. The van der Waals surface area contributed by atoms with Gasteiger partial charge in [0.25, 0.3) is 0 Å². The summed E-state index contributed by atoms with van der Waals surface area (Å²) in [6, 6.07) is 2.93. The van der Waals surface area contributed by atoms with Gasteiger partial charge in [0, 0.05) is 18.5 Å². The van der Waals surface area contributed by atoms with Gasteiger partial charge in [-0.05, 0) is 24.8 Å². The Bertz CT molecular complexity index is 488. The van der Waals surface area contributed by atoms with E-state index in [1.54, 1.807) is 0 Å². The van der Waals surface area contributed by atoms with Gasteiger partial charge in [-0.3, -0.25) is 4.79 Å². The van der Waals surface area contributed by atoms with E-state index in [2.05, 4.69) is 10.6 Å². The average molecular weight is 255 g/mol. The van der Waals surface area contributed by atoms with Crippen molar-refractivity contribution in [3.8, 4) is 0 Å². The Morgan fingerprint density at radius 3 is 2.76 bits per heavy atom. The number of rotatable bonds is 1. The quantitative estimate of drug-likeness (QED) is 0.809. The molecule has 1 atom stereocenters. The lowest BCUT2D eigenvalue weighted by atomic mass is 10.1. The first-order chi connectivity index (χ1) is 8.13. The molecule has 0 bridgehead atoms. The van der Waals surface area contributed by atoms with Crippen LogP contribution in [0.4, 0.5) is 15.8 Å². The summed E-state index contributed by atoms with van der Waals surface area (Å²) in [5.74, 6) is -0.0391. The maximum absolute atomic E-state index is 13.3. The molecule has 1 aromatic rings. The zero-order chi connectivity index (χ0) is 12.0. The lowest BCUT2D eigenvalue weighted by molar-refractivity contribution is -0.116. The third-order valence-electron chi connectivity index (χ3n) is 3.27. The Hall–Kier alpha value is -1.29. The topological polar surface area (TPSA) is 41.1 Å². The highest BCUT2D eigenvalue weighted by atomic mass is 35.5. The molecule has 0 aromatic heterocycles. The third-order valence-corrected chi connectivity index (χ3v) is 3.56. The first-order valence-corrected chi connectivity index (χ1v) is 6.07. The van der Waals surface area contributed by atoms with Crippen molar-refractivity contribution in [2.75, 3.05) is 10.6 Å². The predicted octanol–water partition coefficient (Wildman–Crippen LogP) is 3.01. The van der Waals surface area contributed by atoms with Crippen LogP contribution in [-0.2, 0) is 4.79 Å². The average Bonchev–Trinajstić information content (AvgIpc) is 3.06. The van der Waals surface area contributed by atoms with Gasteiger partial charge in [-0.1, -0.05) is 11.6 Å². The highest BCUT2D eigenvalue weighted by Gasteiger charge is 2.34.